The zero-order valence-corrected chi connectivity index (χ0v) is 18.8. The van der Waals surface area contributed by atoms with Crippen LogP contribution in [0.3, 0.4) is 0 Å². The van der Waals surface area contributed by atoms with Gasteiger partial charge in [0.05, 0.1) is 12.8 Å². The van der Waals surface area contributed by atoms with E-state index in [2.05, 4.69) is 13.0 Å². The van der Waals surface area contributed by atoms with Gasteiger partial charge in [-0.05, 0) is 29.2 Å². The molecular weight excluding hydrogens is 406 g/mol. The Bertz CT molecular complexity index is 919. The first-order valence-corrected chi connectivity index (χ1v) is 11.3. The van der Waals surface area contributed by atoms with Gasteiger partial charge in [0.15, 0.2) is 0 Å². The van der Waals surface area contributed by atoms with Gasteiger partial charge in [-0.15, -0.1) is 0 Å². The number of hydrogen-bond donors (Lipinski definition) is 0. The van der Waals surface area contributed by atoms with Gasteiger partial charge in [-0.3, -0.25) is 14.4 Å². The second kappa shape index (κ2) is 11.5. The first kappa shape index (κ1) is 23.5. The van der Waals surface area contributed by atoms with Gasteiger partial charge in [-0.1, -0.05) is 68.7 Å². The van der Waals surface area contributed by atoms with E-state index in [1.807, 2.05) is 37.4 Å². The highest BCUT2D eigenvalue weighted by atomic mass is 16.7. The number of ether oxygens (including phenoxy) is 2. The maximum atomic E-state index is 12.4. The van der Waals surface area contributed by atoms with E-state index in [0.29, 0.717) is 18.5 Å². The maximum Gasteiger partial charge on any atom is 0.309 e. The van der Waals surface area contributed by atoms with Gasteiger partial charge in [-0.2, -0.15) is 0 Å². The van der Waals surface area contributed by atoms with Crippen molar-refractivity contribution in [1.82, 2.24) is 4.90 Å². The summed E-state index contributed by atoms with van der Waals surface area (Å²) in [5, 5.41) is 0. The minimum atomic E-state index is -1.00. The maximum absolute atomic E-state index is 12.4. The molecule has 1 heterocycles. The number of nitrogens with zero attached hydrogens (tertiary/aromatic N) is 1. The SMILES string of the molecule is CCCCCCC(=O)N(C)Cc1cccc(-c2ccc(C3OC(=O)CCC(=O)O3)cc2)c1. The topological polar surface area (TPSA) is 72.9 Å². The fourth-order valence-corrected chi connectivity index (χ4v) is 3.66. The summed E-state index contributed by atoms with van der Waals surface area (Å²) in [5.41, 5.74) is 3.67. The molecule has 6 heteroatoms. The Morgan fingerprint density at radius 2 is 1.62 bits per heavy atom. The van der Waals surface area contributed by atoms with Gasteiger partial charge in [0.1, 0.15) is 0 Å². The normalized spacial score (nSPS) is 14.4. The number of benzene rings is 2. The zero-order valence-electron chi connectivity index (χ0n) is 18.8. The van der Waals surface area contributed by atoms with Gasteiger partial charge in [0, 0.05) is 25.6 Å². The molecule has 1 aliphatic heterocycles. The Kier molecular flexibility index (Phi) is 8.42. The lowest BCUT2D eigenvalue weighted by Crippen LogP contribution is -2.25. The Morgan fingerprint density at radius 1 is 0.938 bits per heavy atom. The first-order chi connectivity index (χ1) is 15.5. The molecule has 170 valence electrons. The predicted molar refractivity (Wildman–Crippen MR) is 121 cm³/mol. The van der Waals surface area contributed by atoms with Crippen molar-refractivity contribution in [2.45, 2.75) is 64.7 Å². The number of carbonyl (C=O) groups is 3. The molecule has 0 spiro atoms. The van der Waals surface area contributed by atoms with Crippen molar-refractivity contribution in [3.8, 4) is 11.1 Å². The summed E-state index contributed by atoms with van der Waals surface area (Å²) in [5.74, 6) is -0.716. The lowest BCUT2D eigenvalue weighted by molar-refractivity contribution is -0.182. The summed E-state index contributed by atoms with van der Waals surface area (Å²) >= 11 is 0. The van der Waals surface area contributed by atoms with E-state index in [-0.39, 0.29) is 18.7 Å². The van der Waals surface area contributed by atoms with Gasteiger partial charge in [0.2, 0.25) is 5.91 Å². The van der Waals surface area contributed by atoms with Crippen LogP contribution in [-0.4, -0.2) is 29.8 Å². The Hall–Kier alpha value is -3.15. The summed E-state index contributed by atoms with van der Waals surface area (Å²) in [6, 6.07) is 15.5. The van der Waals surface area contributed by atoms with Crippen molar-refractivity contribution >= 4 is 17.8 Å². The largest absolute Gasteiger partial charge is 0.421 e. The van der Waals surface area contributed by atoms with Crippen molar-refractivity contribution in [2.24, 2.45) is 0 Å². The lowest BCUT2D eigenvalue weighted by Gasteiger charge is -2.18. The van der Waals surface area contributed by atoms with E-state index >= 15 is 0 Å². The molecule has 0 aromatic heterocycles. The van der Waals surface area contributed by atoms with E-state index < -0.39 is 18.2 Å². The Morgan fingerprint density at radius 3 is 2.28 bits per heavy atom. The molecule has 0 radical (unpaired) electrons. The molecule has 1 fully saturated rings. The summed E-state index contributed by atoms with van der Waals surface area (Å²) in [6.07, 6.45) is 4.03. The van der Waals surface area contributed by atoms with Crippen molar-refractivity contribution < 1.29 is 23.9 Å². The van der Waals surface area contributed by atoms with E-state index in [0.717, 1.165) is 36.0 Å². The summed E-state index contributed by atoms with van der Waals surface area (Å²) in [7, 11) is 1.85. The number of hydrogen-bond acceptors (Lipinski definition) is 5. The third-order valence-electron chi connectivity index (χ3n) is 5.54. The third-order valence-corrected chi connectivity index (χ3v) is 5.54. The van der Waals surface area contributed by atoms with Gasteiger partial charge in [0.25, 0.3) is 6.29 Å². The van der Waals surface area contributed by atoms with Gasteiger partial charge in [-0.25, -0.2) is 0 Å². The van der Waals surface area contributed by atoms with Crippen LogP contribution in [0, 0.1) is 0 Å². The molecule has 0 aliphatic carbocycles. The molecule has 2 aromatic rings. The van der Waals surface area contributed by atoms with E-state index in [1.165, 1.54) is 6.42 Å². The minimum Gasteiger partial charge on any atom is -0.421 e. The number of cyclic esters (lactones) is 2. The standard InChI is InChI=1S/C26H31NO5/c1-3-4-5-6-10-23(28)27(2)18-19-8-7-9-22(17-19)20-11-13-21(14-12-20)26-31-24(29)15-16-25(30)32-26/h7-9,11-14,17,26H,3-6,10,15-16,18H2,1-2H3. The predicted octanol–water partition coefficient (Wildman–Crippen LogP) is 5.16. The molecule has 6 nitrogen and oxygen atoms in total. The van der Waals surface area contributed by atoms with Crippen LogP contribution in [0.5, 0.6) is 0 Å². The lowest BCUT2D eigenvalue weighted by atomic mass is 10.0. The molecule has 1 saturated heterocycles. The van der Waals surface area contributed by atoms with Crippen LogP contribution in [0.2, 0.25) is 0 Å². The number of unbranched alkanes of at least 4 members (excludes halogenated alkanes) is 3. The van der Waals surface area contributed by atoms with E-state index in [1.54, 1.807) is 17.0 Å². The van der Waals surface area contributed by atoms with Crippen molar-refractivity contribution in [3.63, 3.8) is 0 Å². The molecule has 0 atom stereocenters. The molecule has 0 N–H and O–H groups in total. The summed E-state index contributed by atoms with van der Waals surface area (Å²) in [4.78, 5) is 37.5. The highest BCUT2D eigenvalue weighted by Gasteiger charge is 2.25. The van der Waals surface area contributed by atoms with Crippen LogP contribution in [0.4, 0.5) is 0 Å². The van der Waals surface area contributed by atoms with Crippen LogP contribution in [-0.2, 0) is 30.4 Å². The Balaban J connectivity index is 1.64. The van der Waals surface area contributed by atoms with Crippen molar-refractivity contribution in [1.29, 1.82) is 0 Å². The molecule has 2 aromatic carbocycles. The molecule has 0 bridgehead atoms. The van der Waals surface area contributed by atoms with Crippen LogP contribution in [0.25, 0.3) is 11.1 Å². The second-order valence-electron chi connectivity index (χ2n) is 8.19. The van der Waals surface area contributed by atoms with Crippen LogP contribution in [0.1, 0.15) is 69.3 Å². The van der Waals surface area contributed by atoms with Crippen LogP contribution >= 0.6 is 0 Å². The molecule has 1 aliphatic rings. The second-order valence-corrected chi connectivity index (χ2v) is 8.19. The van der Waals surface area contributed by atoms with E-state index in [9.17, 15) is 14.4 Å². The molecular formula is C26H31NO5. The average molecular weight is 438 g/mol. The molecule has 32 heavy (non-hydrogen) atoms. The highest BCUT2D eigenvalue weighted by Crippen LogP contribution is 2.27. The third kappa shape index (κ3) is 6.67. The quantitative estimate of drug-likeness (QED) is 0.400. The van der Waals surface area contributed by atoms with Crippen LogP contribution < -0.4 is 0 Å². The monoisotopic (exact) mass is 437 g/mol. The number of rotatable bonds is 9. The molecule has 3 rings (SSSR count). The summed E-state index contributed by atoms with van der Waals surface area (Å²) in [6.45, 7) is 2.72. The molecule has 0 unspecified atom stereocenters. The molecule has 0 saturated carbocycles. The zero-order chi connectivity index (χ0) is 22.9. The average Bonchev–Trinajstić information content (AvgIpc) is 2.97. The highest BCUT2D eigenvalue weighted by molar-refractivity contribution is 5.79. The number of carbonyl (C=O) groups excluding carboxylic acids is 3. The fourth-order valence-electron chi connectivity index (χ4n) is 3.66. The number of amides is 1. The smallest absolute Gasteiger partial charge is 0.309 e. The van der Waals surface area contributed by atoms with E-state index in [4.69, 9.17) is 9.47 Å². The minimum absolute atomic E-state index is 0.0376. The van der Waals surface area contributed by atoms with Crippen molar-refractivity contribution in [3.05, 3.63) is 59.7 Å². The van der Waals surface area contributed by atoms with Gasteiger partial charge < -0.3 is 14.4 Å². The summed E-state index contributed by atoms with van der Waals surface area (Å²) < 4.78 is 10.4. The Labute approximate surface area is 189 Å². The first-order valence-electron chi connectivity index (χ1n) is 11.3. The molecule has 1 amide bonds. The van der Waals surface area contributed by atoms with Crippen molar-refractivity contribution in [2.75, 3.05) is 7.05 Å². The number of esters is 2. The van der Waals surface area contributed by atoms with Crippen LogP contribution in [0.15, 0.2) is 48.5 Å². The fraction of sp³-hybridized carbons (Fsp3) is 0.423. The van der Waals surface area contributed by atoms with Gasteiger partial charge >= 0.3 is 11.9 Å².